The van der Waals surface area contributed by atoms with Gasteiger partial charge in [-0.3, -0.25) is 19.2 Å². The van der Waals surface area contributed by atoms with Crippen molar-refractivity contribution in [3.63, 3.8) is 0 Å². The molecule has 1 N–H and O–H groups in total. The molecule has 4 aromatic rings. The molecule has 0 spiro atoms. The van der Waals surface area contributed by atoms with E-state index >= 15 is 4.39 Å². The SMILES string of the molecule is COCCCC(Cn1cccn1)(C(=O)NS(=O)(=O)c1ccccc1)N(C(=O)c1ccc(C(C)(C)C)c(F)c1)c1nccs1. The normalized spacial score (nSPS) is 13.3. The lowest BCUT2D eigenvalue weighted by molar-refractivity contribution is -0.125. The number of benzene rings is 2. The van der Waals surface area contributed by atoms with Gasteiger partial charge in [0.05, 0.1) is 11.4 Å². The minimum absolute atomic E-state index is 0.0315. The van der Waals surface area contributed by atoms with E-state index in [1.807, 2.05) is 20.8 Å². The second kappa shape index (κ2) is 13.1. The number of amides is 2. The molecule has 2 heterocycles. The van der Waals surface area contributed by atoms with Crippen LogP contribution in [0.15, 0.2) is 83.5 Å². The van der Waals surface area contributed by atoms with Crippen molar-refractivity contribution in [2.24, 2.45) is 0 Å². The number of anilines is 1. The van der Waals surface area contributed by atoms with Gasteiger partial charge >= 0.3 is 0 Å². The summed E-state index contributed by atoms with van der Waals surface area (Å²) in [5.74, 6) is -2.28. The van der Waals surface area contributed by atoms with Crippen molar-refractivity contribution in [3.05, 3.63) is 95.5 Å². The molecule has 1 atom stereocenters. The standard InChI is InChI=1S/C30H34FN5O5S2/c1-29(2,3)24-13-12-22(20-25(24)31)26(37)36(28-32-16-19-42-28)30(14-8-18-41-4,21-35-17-9-15-33-35)27(38)34-43(39,40)23-10-6-5-7-11-23/h5-7,9-13,15-17,19-20H,8,14,18,21H2,1-4H3,(H,34,38). The van der Waals surface area contributed by atoms with E-state index in [1.54, 1.807) is 29.8 Å². The van der Waals surface area contributed by atoms with Gasteiger partial charge in [0.15, 0.2) is 5.13 Å². The first kappa shape index (κ1) is 32.0. The molecule has 0 bridgehead atoms. The van der Waals surface area contributed by atoms with Gasteiger partial charge in [-0.05, 0) is 54.2 Å². The highest BCUT2D eigenvalue weighted by Gasteiger charge is 2.50. The molecule has 2 aromatic heterocycles. The Bertz CT molecular complexity index is 1640. The van der Waals surface area contributed by atoms with Crippen molar-refractivity contribution in [2.45, 2.75) is 56.0 Å². The number of hydrogen-bond donors (Lipinski definition) is 1. The van der Waals surface area contributed by atoms with Crippen LogP contribution in [0.5, 0.6) is 0 Å². The smallest absolute Gasteiger partial charge is 0.264 e. The van der Waals surface area contributed by atoms with Crippen molar-refractivity contribution >= 4 is 38.3 Å². The topological polar surface area (TPSA) is 123 Å². The molecule has 2 amide bonds. The summed E-state index contributed by atoms with van der Waals surface area (Å²) < 4.78 is 51.1. The molecule has 0 aliphatic heterocycles. The van der Waals surface area contributed by atoms with E-state index in [0.717, 1.165) is 22.3 Å². The van der Waals surface area contributed by atoms with Gasteiger partial charge in [0.25, 0.3) is 21.8 Å². The second-order valence-electron chi connectivity index (χ2n) is 11.0. The van der Waals surface area contributed by atoms with E-state index in [-0.39, 0.29) is 41.6 Å². The molecule has 13 heteroatoms. The zero-order valence-electron chi connectivity index (χ0n) is 24.4. The van der Waals surface area contributed by atoms with Crippen LogP contribution in [0.1, 0.15) is 49.5 Å². The van der Waals surface area contributed by atoms with Gasteiger partial charge in [-0.1, -0.05) is 45.0 Å². The van der Waals surface area contributed by atoms with E-state index in [0.29, 0.717) is 5.56 Å². The Hall–Kier alpha value is -3.94. The molecule has 0 radical (unpaired) electrons. The van der Waals surface area contributed by atoms with E-state index in [9.17, 15) is 18.0 Å². The number of carbonyl (C=O) groups excluding carboxylic acids is 2. The first-order valence-electron chi connectivity index (χ1n) is 13.5. The van der Waals surface area contributed by atoms with Gasteiger partial charge in [-0.25, -0.2) is 22.5 Å². The molecule has 0 fully saturated rings. The summed E-state index contributed by atoms with van der Waals surface area (Å²) in [5, 5.41) is 6.01. The number of nitrogens with zero attached hydrogens (tertiary/aromatic N) is 4. The number of rotatable bonds is 12. The fourth-order valence-electron chi connectivity index (χ4n) is 4.77. The van der Waals surface area contributed by atoms with Gasteiger partial charge in [0.1, 0.15) is 11.4 Å². The number of aromatic nitrogens is 3. The van der Waals surface area contributed by atoms with Gasteiger partial charge in [0.2, 0.25) is 0 Å². The molecular formula is C30H34FN5O5S2. The number of methoxy groups -OCH3 is 1. The number of halogens is 1. The van der Waals surface area contributed by atoms with Crippen molar-refractivity contribution in [1.82, 2.24) is 19.5 Å². The first-order valence-corrected chi connectivity index (χ1v) is 15.9. The molecule has 0 saturated heterocycles. The monoisotopic (exact) mass is 627 g/mol. The van der Waals surface area contributed by atoms with Gasteiger partial charge in [0, 0.05) is 43.3 Å². The highest BCUT2D eigenvalue weighted by molar-refractivity contribution is 7.90. The van der Waals surface area contributed by atoms with E-state index in [1.165, 1.54) is 54.5 Å². The fourth-order valence-corrected chi connectivity index (χ4v) is 6.57. The van der Waals surface area contributed by atoms with E-state index < -0.39 is 38.6 Å². The number of thiazole rings is 1. The zero-order chi connectivity index (χ0) is 31.3. The number of nitrogens with one attached hydrogen (secondary N) is 1. The maximum Gasteiger partial charge on any atom is 0.264 e. The Morgan fingerprint density at radius 1 is 1.09 bits per heavy atom. The molecule has 4 rings (SSSR count). The van der Waals surface area contributed by atoms with Crippen LogP contribution in [0.2, 0.25) is 0 Å². The average molecular weight is 628 g/mol. The average Bonchev–Trinajstić information content (AvgIpc) is 3.67. The minimum atomic E-state index is -4.35. The predicted molar refractivity (Wildman–Crippen MR) is 162 cm³/mol. The Morgan fingerprint density at radius 2 is 1.84 bits per heavy atom. The van der Waals surface area contributed by atoms with Crippen LogP contribution >= 0.6 is 11.3 Å². The third-order valence-electron chi connectivity index (χ3n) is 6.89. The van der Waals surface area contributed by atoms with E-state index in [2.05, 4.69) is 14.8 Å². The largest absolute Gasteiger partial charge is 0.385 e. The van der Waals surface area contributed by atoms with Crippen LogP contribution in [0.25, 0.3) is 0 Å². The zero-order valence-corrected chi connectivity index (χ0v) is 26.0. The lowest BCUT2D eigenvalue weighted by Gasteiger charge is -2.41. The lowest BCUT2D eigenvalue weighted by Crippen LogP contribution is -2.64. The molecule has 10 nitrogen and oxygen atoms in total. The molecule has 2 aromatic carbocycles. The molecule has 0 saturated carbocycles. The maximum absolute atomic E-state index is 15.4. The molecule has 0 aliphatic carbocycles. The summed E-state index contributed by atoms with van der Waals surface area (Å²) in [4.78, 5) is 34.3. The summed E-state index contributed by atoms with van der Waals surface area (Å²) in [6.07, 6.45) is 4.81. The third kappa shape index (κ3) is 7.17. The Labute approximate surface area is 254 Å². The molecule has 228 valence electrons. The van der Waals surface area contributed by atoms with E-state index in [4.69, 9.17) is 4.74 Å². The maximum atomic E-state index is 15.4. The lowest BCUT2D eigenvalue weighted by atomic mass is 9.85. The van der Waals surface area contributed by atoms with Gasteiger partial charge in [-0.2, -0.15) is 5.10 Å². The fraction of sp³-hybridized carbons (Fsp3) is 0.333. The Morgan fingerprint density at radius 3 is 2.42 bits per heavy atom. The van der Waals surface area contributed by atoms with Crippen molar-refractivity contribution in [1.29, 1.82) is 0 Å². The number of sulfonamides is 1. The number of ether oxygens (including phenoxy) is 1. The highest BCUT2D eigenvalue weighted by Crippen LogP contribution is 2.35. The van der Waals surface area contributed by atoms with Crippen molar-refractivity contribution in [2.75, 3.05) is 18.6 Å². The third-order valence-corrected chi connectivity index (χ3v) is 8.99. The van der Waals surface area contributed by atoms with Crippen molar-refractivity contribution in [3.8, 4) is 0 Å². The van der Waals surface area contributed by atoms with Crippen LogP contribution in [0.3, 0.4) is 0 Å². The summed E-state index contributed by atoms with van der Waals surface area (Å²) in [6.45, 7) is 5.56. The van der Waals surface area contributed by atoms with Crippen molar-refractivity contribution < 1.29 is 27.1 Å². The van der Waals surface area contributed by atoms with Crippen LogP contribution in [0.4, 0.5) is 9.52 Å². The molecule has 0 aliphatic rings. The van der Waals surface area contributed by atoms with Crippen LogP contribution in [-0.2, 0) is 31.5 Å². The number of carbonyl (C=O) groups is 2. The van der Waals surface area contributed by atoms with Gasteiger partial charge in [-0.15, -0.1) is 11.3 Å². The Balaban J connectivity index is 1.91. The minimum Gasteiger partial charge on any atom is -0.385 e. The molecular weight excluding hydrogens is 593 g/mol. The Kier molecular flexibility index (Phi) is 9.78. The van der Waals surface area contributed by atoms with Crippen LogP contribution in [0, 0.1) is 5.82 Å². The summed E-state index contributed by atoms with van der Waals surface area (Å²) in [7, 11) is -2.85. The predicted octanol–water partition coefficient (Wildman–Crippen LogP) is 4.79. The van der Waals surface area contributed by atoms with Crippen LogP contribution < -0.4 is 9.62 Å². The number of hydrogen-bond acceptors (Lipinski definition) is 8. The summed E-state index contributed by atoms with van der Waals surface area (Å²) in [5.41, 5.74) is -2.02. The first-order chi connectivity index (χ1) is 20.4. The van der Waals surface area contributed by atoms with Crippen LogP contribution in [-0.4, -0.2) is 54.3 Å². The quantitative estimate of drug-likeness (QED) is 0.224. The highest BCUT2D eigenvalue weighted by atomic mass is 32.2. The molecule has 1 unspecified atom stereocenters. The summed E-state index contributed by atoms with van der Waals surface area (Å²) >= 11 is 1.09. The van der Waals surface area contributed by atoms with Gasteiger partial charge < -0.3 is 4.74 Å². The second-order valence-corrected chi connectivity index (χ2v) is 13.5. The summed E-state index contributed by atoms with van der Waals surface area (Å²) in [6, 6.07) is 13.3. The molecule has 43 heavy (non-hydrogen) atoms.